The van der Waals surface area contributed by atoms with E-state index in [1.54, 1.807) is 27.7 Å². The van der Waals surface area contributed by atoms with Crippen molar-refractivity contribution >= 4 is 11.9 Å². The van der Waals surface area contributed by atoms with Gasteiger partial charge in [0.15, 0.2) is 6.29 Å². The van der Waals surface area contributed by atoms with Gasteiger partial charge in [-0.2, -0.15) is 0 Å². The topological polar surface area (TPSA) is 72.8 Å². The van der Waals surface area contributed by atoms with E-state index >= 15 is 0 Å². The number of ether oxygens (including phenoxy) is 2. The number of hydrogen-bond donors (Lipinski definition) is 1. The molecule has 0 aliphatic carbocycles. The molecule has 1 unspecified atom stereocenters. The van der Waals surface area contributed by atoms with Crippen molar-refractivity contribution in [2.45, 2.75) is 53.4 Å². The molecule has 0 heterocycles. The summed E-state index contributed by atoms with van der Waals surface area (Å²) < 4.78 is 9.75. The van der Waals surface area contributed by atoms with Crippen molar-refractivity contribution in [1.82, 2.24) is 0 Å². The van der Waals surface area contributed by atoms with E-state index in [1.807, 2.05) is 0 Å². The molecule has 19 heavy (non-hydrogen) atoms. The number of carbonyl (C=O) groups excluding carboxylic acids is 2. The van der Waals surface area contributed by atoms with Crippen LogP contribution in [0.25, 0.3) is 0 Å². The first-order chi connectivity index (χ1) is 8.53. The Bertz CT molecular complexity index is 397. The molecule has 0 aromatic rings. The van der Waals surface area contributed by atoms with Gasteiger partial charge in [0.2, 0.25) is 0 Å². The minimum atomic E-state index is -1.16. The average Bonchev–Trinajstić information content (AvgIpc) is 2.21. The van der Waals surface area contributed by atoms with Crippen molar-refractivity contribution in [3.8, 4) is 0 Å². The Kier molecular flexibility index (Phi) is 6.48. The van der Waals surface area contributed by atoms with Crippen LogP contribution in [0, 0.1) is 0 Å². The molecule has 0 aliphatic heterocycles. The highest BCUT2D eigenvalue weighted by Gasteiger charge is 2.17. The van der Waals surface area contributed by atoms with Gasteiger partial charge in [-0.25, -0.2) is 9.59 Å². The molecule has 0 aliphatic rings. The summed E-state index contributed by atoms with van der Waals surface area (Å²) in [5.41, 5.74) is 0.0962. The van der Waals surface area contributed by atoms with Gasteiger partial charge in [0.05, 0.1) is 0 Å². The lowest BCUT2D eigenvalue weighted by molar-refractivity contribution is -0.159. The van der Waals surface area contributed by atoms with Gasteiger partial charge >= 0.3 is 11.9 Å². The Hall–Kier alpha value is -1.62. The van der Waals surface area contributed by atoms with E-state index in [9.17, 15) is 9.59 Å². The number of aliphatic hydroxyl groups excluding tert-OH is 1. The van der Waals surface area contributed by atoms with Crippen LogP contribution in [0.1, 0.15) is 41.5 Å². The van der Waals surface area contributed by atoms with Crippen LogP contribution in [-0.2, 0) is 19.1 Å². The molecule has 0 saturated carbocycles. The first kappa shape index (κ1) is 17.4. The molecule has 0 fully saturated rings. The first-order valence-corrected chi connectivity index (χ1v) is 6.00. The zero-order chi connectivity index (χ0) is 15.2. The number of esters is 2. The monoisotopic (exact) mass is 270 g/mol. The van der Waals surface area contributed by atoms with Gasteiger partial charge in [-0.05, 0) is 41.5 Å². The number of aliphatic hydroxyl groups is 1. The lowest BCUT2D eigenvalue weighted by Gasteiger charge is -2.19. The van der Waals surface area contributed by atoms with E-state index in [-0.39, 0.29) is 5.57 Å². The highest BCUT2D eigenvalue weighted by atomic mass is 16.6. The second-order valence-electron chi connectivity index (χ2n) is 5.21. The summed E-state index contributed by atoms with van der Waals surface area (Å²) >= 11 is 0. The Morgan fingerprint density at radius 3 is 1.84 bits per heavy atom. The molecule has 1 atom stereocenters. The molecule has 0 aromatic heterocycles. The minimum absolute atomic E-state index is 0.281. The molecule has 108 valence electrons. The van der Waals surface area contributed by atoms with E-state index in [0.717, 1.165) is 0 Å². The third-order valence-corrected chi connectivity index (χ3v) is 1.90. The number of carbonyl (C=O) groups is 2. The fraction of sp³-hybridized carbons (Fsp3) is 0.571. The van der Waals surface area contributed by atoms with Crippen molar-refractivity contribution in [1.29, 1.82) is 0 Å². The number of rotatable bonds is 4. The first-order valence-electron chi connectivity index (χ1n) is 6.00. The fourth-order valence-electron chi connectivity index (χ4n) is 0.993. The van der Waals surface area contributed by atoms with Gasteiger partial charge in [-0.3, -0.25) is 0 Å². The summed E-state index contributed by atoms with van der Waals surface area (Å²) in [7, 11) is 0. The quantitative estimate of drug-likeness (QED) is 0.366. The molecule has 0 amide bonds. The van der Waals surface area contributed by atoms with Gasteiger partial charge in [0.25, 0.3) is 0 Å². The van der Waals surface area contributed by atoms with Gasteiger partial charge in [-0.15, -0.1) is 0 Å². The van der Waals surface area contributed by atoms with Crippen molar-refractivity contribution < 1.29 is 24.2 Å². The predicted octanol–water partition coefficient (Wildman–Crippen LogP) is 2.10. The average molecular weight is 270 g/mol. The van der Waals surface area contributed by atoms with E-state index in [4.69, 9.17) is 9.84 Å². The Balaban J connectivity index is 4.69. The number of allylic oxidation sites excluding steroid dienone is 2. The Morgan fingerprint density at radius 2 is 1.47 bits per heavy atom. The SMILES string of the molecule is C/C(=C\C=C(/C)C(=O)OC(C)(C)C)C(=O)OC(C)O. The third-order valence-electron chi connectivity index (χ3n) is 1.90. The molecular formula is C14H22O5. The lowest BCUT2D eigenvalue weighted by Crippen LogP contribution is -2.24. The maximum atomic E-state index is 11.6. The zero-order valence-corrected chi connectivity index (χ0v) is 12.3. The molecule has 1 N–H and O–H groups in total. The van der Waals surface area contributed by atoms with Crippen molar-refractivity contribution in [3.63, 3.8) is 0 Å². The molecule has 5 heteroatoms. The second kappa shape index (κ2) is 7.09. The Morgan fingerprint density at radius 1 is 1.05 bits per heavy atom. The number of hydrogen-bond acceptors (Lipinski definition) is 5. The normalized spacial score (nSPS) is 14.9. The molecule has 0 aromatic carbocycles. The summed E-state index contributed by atoms with van der Waals surface area (Å²) in [4.78, 5) is 23.0. The largest absolute Gasteiger partial charge is 0.457 e. The van der Waals surface area contributed by atoms with E-state index in [2.05, 4.69) is 4.74 Å². The molecular weight excluding hydrogens is 248 g/mol. The molecule has 5 nitrogen and oxygen atoms in total. The summed E-state index contributed by atoms with van der Waals surface area (Å²) in [6.45, 7) is 9.80. The minimum Gasteiger partial charge on any atom is -0.457 e. The fourth-order valence-corrected chi connectivity index (χ4v) is 0.993. The van der Waals surface area contributed by atoms with Crippen LogP contribution in [0.3, 0.4) is 0 Å². The van der Waals surface area contributed by atoms with Crippen LogP contribution in [0.5, 0.6) is 0 Å². The van der Waals surface area contributed by atoms with Crippen molar-refractivity contribution in [3.05, 3.63) is 23.3 Å². The smallest absolute Gasteiger partial charge is 0.336 e. The van der Waals surface area contributed by atoms with Crippen LogP contribution in [0.2, 0.25) is 0 Å². The van der Waals surface area contributed by atoms with E-state index in [1.165, 1.54) is 26.0 Å². The summed E-state index contributed by atoms with van der Waals surface area (Å²) in [5, 5.41) is 8.91. The van der Waals surface area contributed by atoms with Crippen LogP contribution in [-0.4, -0.2) is 28.9 Å². The van der Waals surface area contributed by atoms with Gasteiger partial charge < -0.3 is 14.6 Å². The maximum absolute atomic E-state index is 11.6. The van der Waals surface area contributed by atoms with Crippen LogP contribution in [0.4, 0.5) is 0 Å². The molecule has 0 radical (unpaired) electrons. The van der Waals surface area contributed by atoms with Gasteiger partial charge in [0.1, 0.15) is 5.60 Å². The van der Waals surface area contributed by atoms with E-state index < -0.39 is 23.8 Å². The third kappa shape index (κ3) is 8.15. The second-order valence-corrected chi connectivity index (χ2v) is 5.21. The highest BCUT2D eigenvalue weighted by Crippen LogP contribution is 2.11. The molecule has 0 rings (SSSR count). The standard InChI is InChI=1S/C14H22O5/c1-9(12(16)18-11(3)15)7-8-10(2)13(17)19-14(4,5)6/h7-8,11,15H,1-6H3/b9-7+,10-8+. The lowest BCUT2D eigenvalue weighted by atomic mass is 10.2. The molecule has 0 spiro atoms. The molecule has 0 bridgehead atoms. The summed E-state index contributed by atoms with van der Waals surface area (Å²) in [6.07, 6.45) is 1.77. The summed E-state index contributed by atoms with van der Waals surface area (Å²) in [6, 6.07) is 0. The Labute approximate surface area is 113 Å². The van der Waals surface area contributed by atoms with Gasteiger partial charge in [-0.1, -0.05) is 12.2 Å². The predicted molar refractivity (Wildman–Crippen MR) is 71.1 cm³/mol. The van der Waals surface area contributed by atoms with Gasteiger partial charge in [0, 0.05) is 11.1 Å². The van der Waals surface area contributed by atoms with Crippen LogP contribution in [0.15, 0.2) is 23.3 Å². The van der Waals surface area contributed by atoms with Crippen LogP contribution >= 0.6 is 0 Å². The van der Waals surface area contributed by atoms with E-state index in [0.29, 0.717) is 5.57 Å². The van der Waals surface area contributed by atoms with Crippen molar-refractivity contribution in [2.24, 2.45) is 0 Å². The van der Waals surface area contributed by atoms with Crippen LogP contribution < -0.4 is 0 Å². The maximum Gasteiger partial charge on any atom is 0.336 e. The highest BCUT2D eigenvalue weighted by molar-refractivity contribution is 5.90. The zero-order valence-electron chi connectivity index (χ0n) is 12.3. The summed E-state index contributed by atoms with van der Waals surface area (Å²) in [5.74, 6) is -1.08. The van der Waals surface area contributed by atoms with Crippen molar-refractivity contribution in [2.75, 3.05) is 0 Å². The molecule has 0 saturated heterocycles.